The number of methoxy groups -OCH3 is 1. The van der Waals surface area contributed by atoms with Crippen LogP contribution in [0, 0.1) is 0 Å². The van der Waals surface area contributed by atoms with Crippen LogP contribution >= 0.6 is 0 Å². The summed E-state index contributed by atoms with van der Waals surface area (Å²) in [5, 5.41) is 19.6. The zero-order valence-corrected chi connectivity index (χ0v) is 18.0. The molecule has 1 aliphatic carbocycles. The zero-order chi connectivity index (χ0) is 22.9. The van der Waals surface area contributed by atoms with Crippen LogP contribution in [0.25, 0.3) is 16.9 Å². The Labute approximate surface area is 187 Å². The number of aromatic nitrogens is 5. The standard InChI is InChI=1S/C21H22N8O4/c1-22-13-10-15(24-12-4-3-9-29(21(12)31)16-7-8-23-27-16)26-18-17(13)28-33-19(18)20(30)25-11-5-6-14(11)32-2/h3-4,7-11,14,22H,5-6H2,1-2H3,(H,23,27)(H,24,26)(H,25,30)/t11-,14-/m1/s1. The van der Waals surface area contributed by atoms with Crippen molar-refractivity contribution in [2.45, 2.75) is 25.0 Å². The van der Waals surface area contributed by atoms with Gasteiger partial charge in [0.25, 0.3) is 11.5 Å². The van der Waals surface area contributed by atoms with E-state index in [1.165, 1.54) is 4.57 Å². The van der Waals surface area contributed by atoms with Gasteiger partial charge in [0.05, 0.1) is 24.0 Å². The van der Waals surface area contributed by atoms with Crippen LogP contribution in [0.2, 0.25) is 0 Å². The molecule has 1 fully saturated rings. The fourth-order valence-corrected chi connectivity index (χ4v) is 3.78. The highest BCUT2D eigenvalue weighted by Crippen LogP contribution is 2.29. The summed E-state index contributed by atoms with van der Waals surface area (Å²) < 4.78 is 12.1. The maximum absolute atomic E-state index is 12.9. The number of nitrogens with one attached hydrogen (secondary N) is 4. The maximum Gasteiger partial charge on any atom is 0.292 e. The number of carbonyl (C=O) groups is 1. The Bertz CT molecular complexity index is 1360. The van der Waals surface area contributed by atoms with Gasteiger partial charge >= 0.3 is 0 Å². The molecule has 0 radical (unpaired) electrons. The third-order valence-electron chi connectivity index (χ3n) is 5.70. The second-order valence-electron chi connectivity index (χ2n) is 7.61. The third kappa shape index (κ3) is 3.69. The van der Waals surface area contributed by atoms with Crippen molar-refractivity contribution in [2.75, 3.05) is 24.8 Å². The molecule has 4 aromatic rings. The molecule has 1 aliphatic rings. The Hall–Kier alpha value is -4.19. The lowest BCUT2D eigenvalue weighted by Gasteiger charge is -2.35. The van der Waals surface area contributed by atoms with E-state index in [9.17, 15) is 9.59 Å². The Morgan fingerprint density at radius 3 is 2.85 bits per heavy atom. The minimum Gasteiger partial charge on any atom is -0.386 e. The number of hydrogen-bond acceptors (Lipinski definition) is 9. The van der Waals surface area contributed by atoms with E-state index in [0.717, 1.165) is 12.8 Å². The molecule has 170 valence electrons. The first-order valence-corrected chi connectivity index (χ1v) is 10.4. The fourth-order valence-electron chi connectivity index (χ4n) is 3.78. The van der Waals surface area contributed by atoms with E-state index < -0.39 is 5.91 Å². The molecule has 1 saturated carbocycles. The van der Waals surface area contributed by atoms with Gasteiger partial charge in [-0.3, -0.25) is 19.3 Å². The second kappa shape index (κ2) is 8.39. The van der Waals surface area contributed by atoms with Gasteiger partial charge in [0.1, 0.15) is 22.8 Å². The van der Waals surface area contributed by atoms with Crippen LogP contribution in [0.15, 0.2) is 46.0 Å². The van der Waals surface area contributed by atoms with Crippen LogP contribution in [0.5, 0.6) is 0 Å². The zero-order valence-electron chi connectivity index (χ0n) is 18.0. The summed E-state index contributed by atoms with van der Waals surface area (Å²) in [7, 11) is 3.34. The van der Waals surface area contributed by atoms with Crippen molar-refractivity contribution in [3.63, 3.8) is 0 Å². The number of ether oxygens (including phenoxy) is 1. The van der Waals surface area contributed by atoms with Crippen LogP contribution < -0.4 is 21.5 Å². The van der Waals surface area contributed by atoms with Gasteiger partial charge in [-0.25, -0.2) is 4.98 Å². The number of pyridine rings is 2. The molecule has 4 heterocycles. The van der Waals surface area contributed by atoms with E-state index in [1.807, 2.05) is 0 Å². The van der Waals surface area contributed by atoms with Gasteiger partial charge in [0.15, 0.2) is 5.52 Å². The molecule has 4 aromatic heterocycles. The summed E-state index contributed by atoms with van der Waals surface area (Å²) in [5.41, 5.74) is 1.27. The summed E-state index contributed by atoms with van der Waals surface area (Å²) in [6.45, 7) is 0. The highest BCUT2D eigenvalue weighted by atomic mass is 16.5. The van der Waals surface area contributed by atoms with Crippen molar-refractivity contribution < 1.29 is 14.1 Å². The molecule has 0 saturated heterocycles. The number of hydrogen-bond donors (Lipinski definition) is 4. The smallest absolute Gasteiger partial charge is 0.292 e. The van der Waals surface area contributed by atoms with Gasteiger partial charge in [-0.2, -0.15) is 5.10 Å². The molecule has 0 bridgehead atoms. The van der Waals surface area contributed by atoms with E-state index in [1.54, 1.807) is 50.8 Å². The SMILES string of the molecule is CNc1cc(Nc2cccn(-c3ccn[nH]3)c2=O)nc2c(C(=O)N[C@@H]3CC[C@H]3OC)onc12. The van der Waals surface area contributed by atoms with Crippen LogP contribution in [0.3, 0.4) is 0 Å². The molecule has 1 amide bonds. The van der Waals surface area contributed by atoms with Gasteiger partial charge in [-0.1, -0.05) is 5.16 Å². The normalized spacial score (nSPS) is 17.5. The average Bonchev–Trinajstić information content (AvgIpc) is 3.48. The van der Waals surface area contributed by atoms with Crippen molar-refractivity contribution in [3.8, 4) is 5.82 Å². The maximum atomic E-state index is 12.9. The quantitative estimate of drug-likeness (QED) is 0.330. The van der Waals surface area contributed by atoms with Crippen LogP contribution in [-0.4, -0.2) is 57.1 Å². The van der Waals surface area contributed by atoms with Crippen molar-refractivity contribution in [3.05, 3.63) is 52.8 Å². The predicted octanol–water partition coefficient (Wildman–Crippen LogP) is 1.79. The van der Waals surface area contributed by atoms with Crippen molar-refractivity contribution >= 4 is 34.1 Å². The Morgan fingerprint density at radius 1 is 1.27 bits per heavy atom. The molecular weight excluding hydrogens is 428 g/mol. The Morgan fingerprint density at radius 2 is 2.15 bits per heavy atom. The lowest BCUT2D eigenvalue weighted by Crippen LogP contribution is -2.51. The second-order valence-corrected chi connectivity index (χ2v) is 7.61. The van der Waals surface area contributed by atoms with E-state index in [0.29, 0.717) is 28.5 Å². The number of fused-ring (bicyclic) bond motifs is 1. The van der Waals surface area contributed by atoms with Crippen LogP contribution in [0.4, 0.5) is 17.2 Å². The van der Waals surface area contributed by atoms with E-state index >= 15 is 0 Å². The number of anilines is 3. The van der Waals surface area contributed by atoms with Crippen molar-refractivity contribution in [1.29, 1.82) is 0 Å². The molecule has 0 unspecified atom stereocenters. The number of carbonyl (C=O) groups excluding carboxylic acids is 1. The van der Waals surface area contributed by atoms with Crippen molar-refractivity contribution in [1.82, 2.24) is 30.2 Å². The fraction of sp³-hybridized carbons (Fsp3) is 0.286. The topological polar surface area (TPSA) is 152 Å². The highest BCUT2D eigenvalue weighted by molar-refractivity contribution is 6.05. The molecule has 0 aromatic carbocycles. The van der Waals surface area contributed by atoms with Crippen LogP contribution in [0.1, 0.15) is 23.4 Å². The largest absolute Gasteiger partial charge is 0.386 e. The summed E-state index contributed by atoms with van der Waals surface area (Å²) in [6.07, 6.45) is 4.90. The Kier molecular flexibility index (Phi) is 5.26. The number of aromatic amines is 1. The number of rotatable bonds is 7. The molecule has 12 nitrogen and oxygen atoms in total. The molecule has 0 spiro atoms. The first kappa shape index (κ1) is 20.7. The molecular formula is C21H22N8O4. The van der Waals surface area contributed by atoms with Gasteiger partial charge < -0.3 is 25.2 Å². The molecule has 5 rings (SSSR count). The average molecular weight is 450 g/mol. The summed E-state index contributed by atoms with van der Waals surface area (Å²) in [6, 6.07) is 6.66. The third-order valence-corrected chi connectivity index (χ3v) is 5.70. The van der Waals surface area contributed by atoms with Gasteiger partial charge in [-0.05, 0) is 25.0 Å². The first-order chi connectivity index (χ1) is 16.1. The lowest BCUT2D eigenvalue weighted by molar-refractivity contribution is 0.00678. The minimum atomic E-state index is -0.419. The summed E-state index contributed by atoms with van der Waals surface area (Å²) in [5.74, 6) is 0.459. The number of H-pyrrole nitrogens is 1. The summed E-state index contributed by atoms with van der Waals surface area (Å²) in [4.78, 5) is 30.3. The number of nitrogens with zero attached hydrogens (tertiary/aromatic N) is 4. The van der Waals surface area contributed by atoms with Gasteiger partial charge in [0.2, 0.25) is 5.76 Å². The van der Waals surface area contributed by atoms with E-state index in [4.69, 9.17) is 9.26 Å². The highest BCUT2D eigenvalue weighted by Gasteiger charge is 2.34. The molecule has 0 aliphatic heterocycles. The van der Waals surface area contributed by atoms with E-state index in [2.05, 4.69) is 36.3 Å². The van der Waals surface area contributed by atoms with Gasteiger partial charge in [-0.15, -0.1) is 0 Å². The van der Waals surface area contributed by atoms with Gasteiger partial charge in [0, 0.05) is 32.5 Å². The van der Waals surface area contributed by atoms with Crippen molar-refractivity contribution in [2.24, 2.45) is 0 Å². The molecule has 4 N–H and O–H groups in total. The summed E-state index contributed by atoms with van der Waals surface area (Å²) >= 11 is 0. The molecule has 33 heavy (non-hydrogen) atoms. The van der Waals surface area contributed by atoms with E-state index in [-0.39, 0.29) is 29.0 Å². The Balaban J connectivity index is 1.48. The lowest BCUT2D eigenvalue weighted by atomic mass is 9.89. The molecule has 12 heteroatoms. The predicted molar refractivity (Wildman–Crippen MR) is 120 cm³/mol. The number of amides is 1. The first-order valence-electron chi connectivity index (χ1n) is 10.4. The minimum absolute atomic E-state index is 0.00478. The van der Waals surface area contributed by atoms with Crippen LogP contribution in [-0.2, 0) is 4.74 Å². The molecule has 2 atom stereocenters. The monoisotopic (exact) mass is 450 g/mol.